The average molecular weight is 404 g/mol. The molecule has 1 amide bonds. The highest BCUT2D eigenvalue weighted by Crippen LogP contribution is 2.34. The van der Waals surface area contributed by atoms with Crippen molar-refractivity contribution in [3.05, 3.63) is 71.3 Å². The molecule has 1 aliphatic rings. The lowest BCUT2D eigenvalue weighted by atomic mass is 10.3. The van der Waals surface area contributed by atoms with Gasteiger partial charge in [-0.25, -0.2) is 13.9 Å². The molecular weight excluding hydrogens is 388 g/mol. The van der Waals surface area contributed by atoms with Crippen LogP contribution in [-0.4, -0.2) is 31.9 Å². The highest BCUT2D eigenvalue weighted by atomic mass is 16.7. The number of benzene rings is 2. The monoisotopic (exact) mass is 404 g/mol. The van der Waals surface area contributed by atoms with Crippen molar-refractivity contribution in [2.24, 2.45) is 0 Å². The first-order chi connectivity index (χ1) is 14.7. The van der Waals surface area contributed by atoms with Crippen molar-refractivity contribution in [2.45, 2.75) is 6.54 Å². The van der Waals surface area contributed by atoms with E-state index in [2.05, 4.69) is 20.7 Å². The number of hydrogen-bond acceptors (Lipinski definition) is 7. The normalized spacial score (nSPS) is 12.1. The summed E-state index contributed by atoms with van der Waals surface area (Å²) in [6, 6.07) is 16.3. The smallest absolute Gasteiger partial charge is 0.352 e. The second-order valence-corrected chi connectivity index (χ2v) is 6.53. The van der Waals surface area contributed by atoms with Crippen LogP contribution in [0.15, 0.2) is 65.6 Å². The van der Waals surface area contributed by atoms with Gasteiger partial charge in [0.2, 0.25) is 12.7 Å². The highest BCUT2D eigenvalue weighted by molar-refractivity contribution is 5.90. The Balaban J connectivity index is 1.33. The number of nitrogens with one attached hydrogen (secondary N) is 2. The van der Waals surface area contributed by atoms with Gasteiger partial charge in [0.1, 0.15) is 12.4 Å². The maximum Gasteiger partial charge on any atom is 0.352 e. The predicted octanol–water partition coefficient (Wildman–Crippen LogP) is 2.00. The number of ether oxygens (including phenoxy) is 2. The summed E-state index contributed by atoms with van der Waals surface area (Å²) in [6.07, 6.45) is 1.56. The number of aromatic nitrogens is 4. The number of anilines is 3. The molecule has 2 aromatic carbocycles. The fourth-order valence-electron chi connectivity index (χ4n) is 3.06. The molecule has 1 aliphatic heterocycles. The predicted molar refractivity (Wildman–Crippen MR) is 108 cm³/mol. The number of nitrogens with zero attached hydrogens (tertiary/aromatic N) is 4. The average Bonchev–Trinajstić information content (AvgIpc) is 3.33. The molecule has 0 aliphatic carbocycles. The zero-order valence-corrected chi connectivity index (χ0v) is 15.6. The maximum atomic E-state index is 12.5. The summed E-state index contributed by atoms with van der Waals surface area (Å²) in [5, 5.41) is 10.0. The van der Waals surface area contributed by atoms with Crippen molar-refractivity contribution in [3.63, 3.8) is 0 Å². The fourth-order valence-corrected chi connectivity index (χ4v) is 3.06. The van der Waals surface area contributed by atoms with E-state index in [1.54, 1.807) is 30.5 Å². The Kier molecular flexibility index (Phi) is 4.28. The van der Waals surface area contributed by atoms with Crippen LogP contribution in [0.1, 0.15) is 0 Å². The molecular formula is C20H16N6O4. The number of hydrogen-bond donors (Lipinski definition) is 2. The van der Waals surface area contributed by atoms with Crippen LogP contribution in [0.25, 0.3) is 5.78 Å². The molecule has 0 unspecified atom stereocenters. The molecule has 2 N–H and O–H groups in total. The van der Waals surface area contributed by atoms with Gasteiger partial charge in [-0.15, -0.1) is 5.10 Å². The summed E-state index contributed by atoms with van der Waals surface area (Å²) in [5.74, 6) is 1.50. The zero-order valence-electron chi connectivity index (χ0n) is 15.6. The first-order valence-corrected chi connectivity index (χ1v) is 9.13. The van der Waals surface area contributed by atoms with E-state index in [1.807, 2.05) is 30.3 Å². The maximum absolute atomic E-state index is 12.5. The molecule has 0 fully saturated rings. The Morgan fingerprint density at radius 2 is 1.87 bits per heavy atom. The second-order valence-electron chi connectivity index (χ2n) is 6.53. The van der Waals surface area contributed by atoms with Crippen molar-refractivity contribution in [3.8, 4) is 11.5 Å². The molecule has 0 radical (unpaired) electrons. The van der Waals surface area contributed by atoms with Crippen LogP contribution in [0.4, 0.5) is 17.2 Å². The van der Waals surface area contributed by atoms with Crippen LogP contribution in [0.2, 0.25) is 0 Å². The summed E-state index contributed by atoms with van der Waals surface area (Å²) >= 11 is 0. The lowest BCUT2D eigenvalue weighted by Gasteiger charge is -2.05. The van der Waals surface area contributed by atoms with E-state index in [9.17, 15) is 9.59 Å². The van der Waals surface area contributed by atoms with Crippen molar-refractivity contribution < 1.29 is 14.3 Å². The fraction of sp³-hybridized carbons (Fsp3) is 0.100. The van der Waals surface area contributed by atoms with Gasteiger partial charge in [-0.05, 0) is 30.3 Å². The molecule has 0 saturated heterocycles. The first-order valence-electron chi connectivity index (χ1n) is 9.13. The summed E-state index contributed by atoms with van der Waals surface area (Å²) in [4.78, 5) is 29.3. The van der Waals surface area contributed by atoms with Gasteiger partial charge in [0.05, 0.1) is 0 Å². The van der Waals surface area contributed by atoms with Gasteiger partial charge in [0, 0.05) is 23.6 Å². The molecule has 5 rings (SSSR count). The standard InChI is InChI=1S/C20H16N6O4/c27-18(22-14-6-7-15-16(10-14)30-12-29-15)11-26-20(28)25-9-8-17(23-19(25)24-26)21-13-4-2-1-3-5-13/h1-10H,11-12H2,(H,22,27)(H,21,23,24). The van der Waals surface area contributed by atoms with E-state index in [0.717, 1.165) is 10.4 Å². The Labute approximate surface area is 169 Å². The van der Waals surface area contributed by atoms with Gasteiger partial charge < -0.3 is 20.1 Å². The molecule has 4 aromatic rings. The molecule has 0 atom stereocenters. The van der Waals surface area contributed by atoms with Crippen molar-refractivity contribution in [1.29, 1.82) is 0 Å². The molecule has 150 valence electrons. The van der Waals surface area contributed by atoms with Crippen molar-refractivity contribution >= 4 is 28.9 Å². The van der Waals surface area contributed by atoms with E-state index in [4.69, 9.17) is 9.47 Å². The van der Waals surface area contributed by atoms with Gasteiger partial charge in [-0.1, -0.05) is 18.2 Å². The van der Waals surface area contributed by atoms with Gasteiger partial charge in [0.25, 0.3) is 5.78 Å². The highest BCUT2D eigenvalue weighted by Gasteiger charge is 2.16. The van der Waals surface area contributed by atoms with Crippen LogP contribution < -0.4 is 25.8 Å². The van der Waals surface area contributed by atoms with Crippen molar-refractivity contribution in [2.75, 3.05) is 17.4 Å². The molecule has 0 bridgehead atoms. The van der Waals surface area contributed by atoms with Gasteiger partial charge in [-0.3, -0.25) is 4.79 Å². The Bertz CT molecular complexity index is 1300. The first kappa shape index (κ1) is 17.7. The molecule has 0 saturated carbocycles. The van der Waals surface area contributed by atoms with Crippen LogP contribution >= 0.6 is 0 Å². The Hall–Kier alpha value is -4.34. The minimum absolute atomic E-state index is 0.150. The zero-order chi connectivity index (χ0) is 20.5. The lowest BCUT2D eigenvalue weighted by molar-refractivity contribution is -0.117. The van der Waals surface area contributed by atoms with E-state index >= 15 is 0 Å². The number of para-hydroxylation sites is 1. The lowest BCUT2D eigenvalue weighted by Crippen LogP contribution is -2.28. The Morgan fingerprint density at radius 3 is 2.73 bits per heavy atom. The van der Waals surface area contributed by atoms with Gasteiger partial charge in [-0.2, -0.15) is 4.98 Å². The third-order valence-electron chi connectivity index (χ3n) is 4.45. The minimum Gasteiger partial charge on any atom is -0.454 e. The van der Waals surface area contributed by atoms with E-state index in [0.29, 0.717) is 23.0 Å². The van der Waals surface area contributed by atoms with Crippen LogP contribution in [0.5, 0.6) is 11.5 Å². The number of fused-ring (bicyclic) bond motifs is 2. The Morgan fingerprint density at radius 1 is 1.03 bits per heavy atom. The second kappa shape index (κ2) is 7.24. The van der Waals surface area contributed by atoms with Crippen LogP contribution in [0.3, 0.4) is 0 Å². The number of rotatable bonds is 5. The quantitative estimate of drug-likeness (QED) is 0.523. The molecule has 0 spiro atoms. The van der Waals surface area contributed by atoms with E-state index < -0.39 is 11.6 Å². The third-order valence-corrected chi connectivity index (χ3v) is 4.45. The topological polar surface area (TPSA) is 112 Å². The van der Waals surface area contributed by atoms with Crippen molar-refractivity contribution in [1.82, 2.24) is 19.2 Å². The van der Waals surface area contributed by atoms with Crippen LogP contribution in [-0.2, 0) is 11.3 Å². The van der Waals surface area contributed by atoms with Gasteiger partial charge >= 0.3 is 5.69 Å². The number of carbonyl (C=O) groups excluding carboxylic acids is 1. The minimum atomic E-state index is -0.454. The number of carbonyl (C=O) groups is 1. The molecule has 10 heteroatoms. The summed E-state index contributed by atoms with van der Waals surface area (Å²) in [5.41, 5.74) is 0.942. The van der Waals surface area contributed by atoms with E-state index in [-0.39, 0.29) is 19.1 Å². The largest absolute Gasteiger partial charge is 0.454 e. The summed E-state index contributed by atoms with van der Waals surface area (Å²) in [7, 11) is 0. The van der Waals surface area contributed by atoms with E-state index in [1.165, 1.54) is 4.40 Å². The molecule has 30 heavy (non-hydrogen) atoms. The summed E-state index contributed by atoms with van der Waals surface area (Å²) < 4.78 is 12.9. The molecule has 2 aromatic heterocycles. The SMILES string of the molecule is O=C(Cn1nc2nc(Nc3ccccc3)ccn2c1=O)Nc1ccc2c(c1)OCO2. The molecule has 10 nitrogen and oxygen atoms in total. The number of amides is 1. The van der Waals surface area contributed by atoms with Crippen LogP contribution in [0, 0.1) is 0 Å². The third kappa shape index (κ3) is 3.41. The molecule has 3 heterocycles. The van der Waals surface area contributed by atoms with Gasteiger partial charge in [0.15, 0.2) is 11.5 Å². The summed E-state index contributed by atoms with van der Waals surface area (Å²) in [6.45, 7) is -0.102.